The van der Waals surface area contributed by atoms with Gasteiger partial charge in [-0.25, -0.2) is 9.59 Å². The van der Waals surface area contributed by atoms with E-state index in [1.807, 2.05) is 0 Å². The lowest BCUT2D eigenvalue weighted by Gasteiger charge is -2.08. The van der Waals surface area contributed by atoms with Gasteiger partial charge in [0.15, 0.2) is 0 Å². The van der Waals surface area contributed by atoms with Gasteiger partial charge in [0.2, 0.25) is 0 Å². The van der Waals surface area contributed by atoms with Crippen LogP contribution in [0.1, 0.15) is 0 Å². The highest BCUT2D eigenvalue weighted by atomic mass is 79.9. The molecule has 0 aromatic heterocycles. The molecule has 0 aliphatic rings. The Hall–Kier alpha value is 0.000000000000000222. The summed E-state index contributed by atoms with van der Waals surface area (Å²) in [4.78, 5) is 23.8. The maximum Gasteiger partial charge on any atom is 0.336 e. The van der Waals surface area contributed by atoms with Gasteiger partial charge >= 0.3 is 11.9 Å². The lowest BCUT2D eigenvalue weighted by molar-refractivity contribution is -0.131. The molecule has 0 aliphatic carbocycles. The van der Waals surface area contributed by atoms with Crippen LogP contribution in [0, 0.1) is 0 Å². The van der Waals surface area contributed by atoms with E-state index in [9.17, 15) is 9.59 Å². The monoisotopic (exact) mass is 736 g/mol. The van der Waals surface area contributed by atoms with E-state index in [0.717, 1.165) is 21.1 Å². The first kappa shape index (κ1) is 22.3. The Morgan fingerprint density at radius 3 is 1.31 bits per heavy atom. The number of hydrogen-bond acceptors (Lipinski definition) is 4. The van der Waals surface area contributed by atoms with E-state index < -0.39 is 11.9 Å². The number of esters is 2. The third-order valence-electron chi connectivity index (χ3n) is 2.78. The van der Waals surface area contributed by atoms with Gasteiger partial charge in [-0.2, -0.15) is 0 Å². The van der Waals surface area contributed by atoms with E-state index in [1.165, 1.54) is 0 Å². The Morgan fingerprint density at radius 1 is 0.615 bits per heavy atom. The molecule has 0 fully saturated rings. The van der Waals surface area contributed by atoms with Gasteiger partial charge in [0, 0.05) is 30.0 Å². The average molecular weight is 742 g/mol. The van der Waals surface area contributed by atoms with Crippen LogP contribution < -0.4 is 9.47 Å². The largest absolute Gasteiger partial charge is 0.422 e. The first-order valence-electron chi connectivity index (χ1n) is 6.59. The number of halogens is 6. The molecule has 0 bridgehead atoms. The molecular weight excluding hydrogens is 736 g/mol. The van der Waals surface area contributed by atoms with Crippen molar-refractivity contribution in [1.29, 1.82) is 0 Å². The zero-order valence-electron chi connectivity index (χ0n) is 12.4. The van der Waals surface area contributed by atoms with Crippen molar-refractivity contribution in [2.75, 3.05) is 0 Å². The number of ether oxygens (including phenoxy) is 2. The molecule has 136 valence electrons. The summed E-state index contributed by atoms with van der Waals surface area (Å²) in [5.74, 6) is -0.814. The van der Waals surface area contributed by atoms with Crippen molar-refractivity contribution in [3.05, 3.63) is 63.3 Å². The molecule has 0 N–H and O–H groups in total. The fourth-order valence-electron chi connectivity index (χ4n) is 1.59. The molecule has 0 amide bonds. The third kappa shape index (κ3) is 5.75. The first-order chi connectivity index (χ1) is 12.2. The zero-order chi connectivity index (χ0) is 19.4. The predicted molar refractivity (Wildman–Crippen MR) is 119 cm³/mol. The average Bonchev–Trinajstić information content (AvgIpc) is 2.61. The summed E-state index contributed by atoms with van der Waals surface area (Å²) in [5, 5.41) is 0. The van der Waals surface area contributed by atoms with Crippen LogP contribution in [-0.4, -0.2) is 11.9 Å². The molecule has 0 radical (unpaired) electrons. The van der Waals surface area contributed by atoms with Crippen molar-refractivity contribution in [3.63, 3.8) is 0 Å². The number of carbonyl (C=O) groups excluding carboxylic acids is 2. The number of benzene rings is 2. The SMILES string of the molecule is O=C(/C=C/C(=O)Oc1ccc(Br)c(Br)c1Br)Oc1ccc(Br)c(Br)c1Br. The van der Waals surface area contributed by atoms with Crippen LogP contribution in [0.4, 0.5) is 0 Å². The minimum absolute atomic E-state index is 0.308. The second-order valence-corrected chi connectivity index (χ2v) is 9.40. The Labute approximate surface area is 199 Å². The highest BCUT2D eigenvalue weighted by molar-refractivity contribution is 9.15. The van der Waals surface area contributed by atoms with Crippen molar-refractivity contribution in [1.82, 2.24) is 0 Å². The molecule has 2 aromatic rings. The highest BCUT2D eigenvalue weighted by Gasteiger charge is 2.13. The second kappa shape index (κ2) is 9.97. The highest BCUT2D eigenvalue weighted by Crippen LogP contribution is 2.38. The van der Waals surface area contributed by atoms with Gasteiger partial charge in [0.1, 0.15) is 11.5 Å². The smallest absolute Gasteiger partial charge is 0.336 e. The summed E-state index contributed by atoms with van der Waals surface area (Å²) in [7, 11) is 0. The van der Waals surface area contributed by atoms with Crippen molar-refractivity contribution < 1.29 is 19.1 Å². The molecule has 2 rings (SSSR count). The second-order valence-electron chi connectivity index (χ2n) is 4.52. The van der Waals surface area contributed by atoms with Crippen molar-refractivity contribution in [2.24, 2.45) is 0 Å². The maximum atomic E-state index is 11.9. The van der Waals surface area contributed by atoms with Crippen LogP contribution in [0.5, 0.6) is 11.5 Å². The molecule has 0 unspecified atom stereocenters. The summed E-state index contributed by atoms with van der Waals surface area (Å²) in [6.07, 6.45) is 1.99. The normalized spacial score (nSPS) is 10.8. The van der Waals surface area contributed by atoms with Crippen LogP contribution in [0.3, 0.4) is 0 Å². The van der Waals surface area contributed by atoms with E-state index in [4.69, 9.17) is 9.47 Å². The molecule has 0 atom stereocenters. The number of rotatable bonds is 4. The van der Waals surface area contributed by atoms with Crippen LogP contribution in [-0.2, 0) is 9.59 Å². The first-order valence-corrected chi connectivity index (χ1v) is 11.3. The topological polar surface area (TPSA) is 52.6 Å². The molecule has 0 spiro atoms. The molecule has 0 aliphatic heterocycles. The van der Waals surface area contributed by atoms with Gasteiger partial charge in [-0.1, -0.05) is 0 Å². The summed E-state index contributed by atoms with van der Waals surface area (Å²) < 4.78 is 14.5. The molecule has 0 saturated heterocycles. The van der Waals surface area contributed by atoms with Gasteiger partial charge < -0.3 is 9.47 Å². The lowest BCUT2D eigenvalue weighted by Crippen LogP contribution is -2.09. The summed E-state index contributed by atoms with van der Waals surface area (Å²) >= 11 is 20.0. The molecular formula is C16H6Br6O4. The quantitative estimate of drug-likeness (QED) is 0.143. The number of carbonyl (C=O) groups is 2. The molecule has 0 heterocycles. The molecule has 4 nitrogen and oxygen atoms in total. The van der Waals surface area contributed by atoms with E-state index in [2.05, 4.69) is 95.6 Å². The molecule has 2 aromatic carbocycles. The van der Waals surface area contributed by atoms with Crippen LogP contribution in [0.15, 0.2) is 63.3 Å². The zero-order valence-corrected chi connectivity index (χ0v) is 21.9. The summed E-state index contributed by atoms with van der Waals surface area (Å²) in [6.45, 7) is 0. The van der Waals surface area contributed by atoms with E-state index in [-0.39, 0.29) is 0 Å². The van der Waals surface area contributed by atoms with Gasteiger partial charge in [-0.15, -0.1) is 0 Å². The Bertz CT molecular complexity index is 837. The van der Waals surface area contributed by atoms with E-state index in [1.54, 1.807) is 24.3 Å². The molecule has 0 saturated carbocycles. The van der Waals surface area contributed by atoms with Crippen LogP contribution in [0.2, 0.25) is 0 Å². The Kier molecular flexibility index (Phi) is 8.55. The number of hydrogen-bond donors (Lipinski definition) is 0. The lowest BCUT2D eigenvalue weighted by atomic mass is 10.3. The molecule has 10 heteroatoms. The van der Waals surface area contributed by atoms with Crippen molar-refractivity contribution in [2.45, 2.75) is 0 Å². The predicted octanol–water partition coefficient (Wildman–Crippen LogP) is 7.33. The fourth-order valence-corrected chi connectivity index (χ4v) is 4.30. The van der Waals surface area contributed by atoms with Crippen LogP contribution >= 0.6 is 95.6 Å². The van der Waals surface area contributed by atoms with Gasteiger partial charge in [-0.3, -0.25) is 0 Å². The van der Waals surface area contributed by atoms with E-state index in [0.29, 0.717) is 29.4 Å². The van der Waals surface area contributed by atoms with E-state index >= 15 is 0 Å². The van der Waals surface area contributed by atoms with Crippen molar-refractivity contribution in [3.8, 4) is 11.5 Å². The summed E-state index contributed by atoms with van der Waals surface area (Å²) in [5.41, 5.74) is 0. The Balaban J connectivity index is 2.03. The minimum atomic E-state index is -0.715. The fraction of sp³-hybridized carbons (Fsp3) is 0. The van der Waals surface area contributed by atoms with Crippen LogP contribution in [0.25, 0.3) is 0 Å². The van der Waals surface area contributed by atoms with Crippen molar-refractivity contribution >= 4 is 108 Å². The Morgan fingerprint density at radius 2 is 0.962 bits per heavy atom. The maximum absolute atomic E-state index is 11.9. The third-order valence-corrected chi connectivity index (χ3v) is 9.45. The standard InChI is InChI=1S/C16H6Br6O4/c17-7-1-3-9(15(21)13(7)19)25-11(23)5-6-12(24)26-10-4-2-8(18)14(20)16(10)22/h1-6H/b6-5+. The molecule has 26 heavy (non-hydrogen) atoms. The van der Waals surface area contributed by atoms with Gasteiger partial charge in [-0.05, 0) is 120 Å². The van der Waals surface area contributed by atoms with Gasteiger partial charge in [0.25, 0.3) is 0 Å². The minimum Gasteiger partial charge on any atom is -0.422 e. The van der Waals surface area contributed by atoms with Gasteiger partial charge in [0.05, 0.1) is 8.95 Å². The summed E-state index contributed by atoms with van der Waals surface area (Å²) in [6, 6.07) is 6.66.